The average Bonchev–Trinajstić information content (AvgIpc) is 2.54. The van der Waals surface area contributed by atoms with Crippen LogP contribution in [-0.4, -0.2) is 79.2 Å². The van der Waals surface area contributed by atoms with E-state index in [1.54, 1.807) is 4.90 Å². The Bertz CT molecular complexity index is 601. The number of carbonyl (C=O) groups excluding carboxylic acids is 1. The van der Waals surface area contributed by atoms with Gasteiger partial charge in [0.1, 0.15) is 0 Å². The molecule has 24 heavy (non-hydrogen) atoms. The summed E-state index contributed by atoms with van der Waals surface area (Å²) in [6, 6.07) is 0. The second-order valence-corrected chi connectivity index (χ2v) is 8.95. The third kappa shape index (κ3) is 3.29. The van der Waals surface area contributed by atoms with E-state index in [0.29, 0.717) is 58.5 Å². The van der Waals surface area contributed by atoms with Crippen molar-refractivity contribution in [3.8, 4) is 0 Å². The van der Waals surface area contributed by atoms with E-state index in [0.717, 1.165) is 0 Å². The van der Waals surface area contributed by atoms with Crippen molar-refractivity contribution in [1.82, 2.24) is 9.21 Å². The lowest BCUT2D eigenvalue weighted by Crippen LogP contribution is -2.54. The Kier molecular flexibility index (Phi) is 5.12. The van der Waals surface area contributed by atoms with Crippen LogP contribution in [0.2, 0.25) is 0 Å². The van der Waals surface area contributed by atoms with Gasteiger partial charge >= 0.3 is 5.97 Å². The van der Waals surface area contributed by atoms with Crippen molar-refractivity contribution in [3.05, 3.63) is 0 Å². The van der Waals surface area contributed by atoms with Gasteiger partial charge in [0.2, 0.25) is 15.9 Å². The summed E-state index contributed by atoms with van der Waals surface area (Å²) in [5.74, 6) is -2.24. The van der Waals surface area contributed by atoms with Crippen LogP contribution in [-0.2, 0) is 24.3 Å². The van der Waals surface area contributed by atoms with Crippen LogP contribution in [0.25, 0.3) is 0 Å². The number of carboxylic acid groups (broad SMARTS) is 1. The number of likely N-dealkylation sites (tertiary alicyclic amines) is 1. The molecule has 3 fully saturated rings. The Morgan fingerprint density at radius 3 is 2.25 bits per heavy atom. The zero-order valence-corrected chi connectivity index (χ0v) is 14.4. The SMILES string of the molecule is O=C(O)C1CCC1C(=O)N1CCCC(S(=O)(=O)N2CCOCC2)C1. The molecular formula is C15H24N2O6S. The largest absolute Gasteiger partial charge is 0.481 e. The summed E-state index contributed by atoms with van der Waals surface area (Å²) in [6.45, 7) is 2.19. The van der Waals surface area contributed by atoms with Crippen LogP contribution in [0.3, 0.4) is 0 Å². The van der Waals surface area contributed by atoms with Gasteiger partial charge in [-0.05, 0) is 25.7 Å². The number of piperidine rings is 1. The highest BCUT2D eigenvalue weighted by atomic mass is 32.2. The third-order valence-corrected chi connectivity index (χ3v) is 7.66. The van der Waals surface area contributed by atoms with Crippen LogP contribution in [0.1, 0.15) is 25.7 Å². The summed E-state index contributed by atoms with van der Waals surface area (Å²) in [6.07, 6.45) is 2.27. The summed E-state index contributed by atoms with van der Waals surface area (Å²) in [5, 5.41) is 8.52. The van der Waals surface area contributed by atoms with Crippen LogP contribution in [0, 0.1) is 11.8 Å². The molecule has 1 N–H and O–H groups in total. The number of rotatable bonds is 4. The van der Waals surface area contributed by atoms with Crippen molar-refractivity contribution in [1.29, 1.82) is 0 Å². The van der Waals surface area contributed by atoms with Crippen LogP contribution in [0.15, 0.2) is 0 Å². The highest BCUT2D eigenvalue weighted by Crippen LogP contribution is 2.36. The van der Waals surface area contributed by atoms with Crippen molar-refractivity contribution in [2.75, 3.05) is 39.4 Å². The van der Waals surface area contributed by atoms with E-state index in [1.165, 1.54) is 4.31 Å². The predicted molar refractivity (Wildman–Crippen MR) is 84.8 cm³/mol. The molecule has 1 amide bonds. The molecule has 8 nitrogen and oxygen atoms in total. The van der Waals surface area contributed by atoms with Gasteiger partial charge in [-0.3, -0.25) is 9.59 Å². The molecule has 3 rings (SSSR count). The Hall–Kier alpha value is -1.19. The molecule has 0 aromatic heterocycles. The molecule has 0 spiro atoms. The molecule has 3 aliphatic rings. The molecule has 1 aliphatic carbocycles. The number of sulfonamides is 1. The van der Waals surface area contributed by atoms with Crippen molar-refractivity contribution in [2.45, 2.75) is 30.9 Å². The first kappa shape index (κ1) is 17.6. The highest BCUT2D eigenvalue weighted by molar-refractivity contribution is 7.89. The summed E-state index contributed by atoms with van der Waals surface area (Å²) in [7, 11) is -3.45. The van der Waals surface area contributed by atoms with E-state index in [1.807, 2.05) is 0 Å². The first-order chi connectivity index (χ1) is 11.4. The summed E-state index contributed by atoms with van der Waals surface area (Å²) in [4.78, 5) is 25.3. The van der Waals surface area contributed by atoms with E-state index in [4.69, 9.17) is 9.84 Å². The van der Waals surface area contributed by atoms with Gasteiger partial charge in [0, 0.05) is 26.2 Å². The maximum atomic E-state index is 12.8. The van der Waals surface area contributed by atoms with Gasteiger partial charge in [0.25, 0.3) is 0 Å². The number of nitrogens with zero attached hydrogens (tertiary/aromatic N) is 2. The normalized spacial score (nSPS) is 32.2. The van der Waals surface area contributed by atoms with Crippen LogP contribution >= 0.6 is 0 Å². The summed E-state index contributed by atoms with van der Waals surface area (Å²) >= 11 is 0. The molecule has 2 saturated heterocycles. The molecule has 1 saturated carbocycles. The number of hydrogen-bond acceptors (Lipinski definition) is 5. The fourth-order valence-corrected chi connectivity index (χ4v) is 5.63. The van der Waals surface area contributed by atoms with Crippen molar-refractivity contribution in [3.63, 3.8) is 0 Å². The summed E-state index contributed by atoms with van der Waals surface area (Å²) < 4.78 is 32.2. The smallest absolute Gasteiger partial charge is 0.307 e. The Labute approximate surface area is 141 Å². The van der Waals surface area contributed by atoms with Crippen molar-refractivity contribution >= 4 is 21.9 Å². The molecule has 136 valence electrons. The maximum absolute atomic E-state index is 12.8. The van der Waals surface area contributed by atoms with E-state index >= 15 is 0 Å². The van der Waals surface area contributed by atoms with E-state index < -0.39 is 33.1 Å². The van der Waals surface area contributed by atoms with Gasteiger partial charge in [-0.2, -0.15) is 4.31 Å². The topological polar surface area (TPSA) is 104 Å². The Balaban J connectivity index is 1.65. The van der Waals surface area contributed by atoms with E-state index in [9.17, 15) is 18.0 Å². The van der Waals surface area contributed by atoms with Gasteiger partial charge in [0.15, 0.2) is 0 Å². The van der Waals surface area contributed by atoms with E-state index in [2.05, 4.69) is 0 Å². The molecular weight excluding hydrogens is 336 g/mol. The fraction of sp³-hybridized carbons (Fsp3) is 0.867. The third-order valence-electron chi connectivity index (χ3n) is 5.35. The molecule has 2 aliphatic heterocycles. The number of carbonyl (C=O) groups is 2. The molecule has 3 unspecified atom stereocenters. The zero-order valence-electron chi connectivity index (χ0n) is 13.6. The number of morpholine rings is 1. The molecule has 0 bridgehead atoms. The first-order valence-electron chi connectivity index (χ1n) is 8.49. The van der Waals surface area contributed by atoms with Crippen LogP contribution < -0.4 is 0 Å². The standard InChI is InChI=1S/C15H24N2O6S/c18-14(12-3-4-13(12)15(19)20)16-5-1-2-11(10-16)24(21,22)17-6-8-23-9-7-17/h11-13H,1-10H2,(H,19,20). The zero-order chi connectivity index (χ0) is 17.3. The summed E-state index contributed by atoms with van der Waals surface area (Å²) in [5.41, 5.74) is 0. The van der Waals surface area contributed by atoms with Crippen molar-refractivity contribution in [2.24, 2.45) is 11.8 Å². The number of amides is 1. The molecule has 2 heterocycles. The molecule has 3 atom stereocenters. The average molecular weight is 360 g/mol. The maximum Gasteiger partial charge on any atom is 0.307 e. The monoisotopic (exact) mass is 360 g/mol. The molecule has 9 heteroatoms. The van der Waals surface area contributed by atoms with Gasteiger partial charge < -0.3 is 14.7 Å². The van der Waals surface area contributed by atoms with Crippen LogP contribution in [0.5, 0.6) is 0 Å². The lowest BCUT2D eigenvalue weighted by molar-refractivity contribution is -0.157. The highest BCUT2D eigenvalue weighted by Gasteiger charge is 2.45. The first-order valence-corrected chi connectivity index (χ1v) is 10.00. The quantitative estimate of drug-likeness (QED) is 0.741. The molecule has 0 radical (unpaired) electrons. The minimum atomic E-state index is -3.45. The Morgan fingerprint density at radius 1 is 1.00 bits per heavy atom. The number of hydrogen-bond donors (Lipinski definition) is 1. The van der Waals surface area contributed by atoms with Gasteiger partial charge in [-0.15, -0.1) is 0 Å². The Morgan fingerprint density at radius 2 is 1.67 bits per heavy atom. The van der Waals surface area contributed by atoms with Crippen molar-refractivity contribution < 1.29 is 27.9 Å². The fourth-order valence-electron chi connectivity index (χ4n) is 3.72. The van der Waals surface area contributed by atoms with E-state index in [-0.39, 0.29) is 12.5 Å². The van der Waals surface area contributed by atoms with Gasteiger partial charge in [-0.25, -0.2) is 8.42 Å². The number of ether oxygens (including phenoxy) is 1. The minimum absolute atomic E-state index is 0.168. The second kappa shape index (κ2) is 6.97. The number of carboxylic acids is 1. The van der Waals surface area contributed by atoms with Gasteiger partial charge in [0.05, 0.1) is 30.3 Å². The predicted octanol–water partition coefficient (Wildman–Crippen LogP) is -0.250. The minimum Gasteiger partial charge on any atom is -0.481 e. The number of aliphatic carboxylic acids is 1. The second-order valence-electron chi connectivity index (χ2n) is 6.73. The molecule has 0 aromatic rings. The lowest BCUT2D eigenvalue weighted by atomic mass is 9.72. The lowest BCUT2D eigenvalue weighted by Gasteiger charge is -2.40. The van der Waals surface area contributed by atoms with Crippen LogP contribution in [0.4, 0.5) is 0 Å². The van der Waals surface area contributed by atoms with Gasteiger partial charge in [-0.1, -0.05) is 0 Å². The molecule has 0 aromatic carbocycles.